The lowest BCUT2D eigenvalue weighted by molar-refractivity contribution is 0.624. The Hall–Kier alpha value is -0.420. The molecule has 0 bridgehead atoms. The van der Waals surface area contributed by atoms with E-state index < -0.39 is 5.82 Å². The molecule has 2 rings (SSSR count). The highest BCUT2D eigenvalue weighted by Crippen LogP contribution is 2.33. The molecule has 0 spiro atoms. The minimum Gasteiger partial charge on any atom is -0.320 e. The zero-order chi connectivity index (χ0) is 11.7. The Bertz CT molecular complexity index is 514. The normalized spacial score (nSPS) is 12.8. The summed E-state index contributed by atoms with van der Waals surface area (Å²) >= 11 is 10.8. The highest BCUT2D eigenvalue weighted by atomic mass is 79.9. The molecule has 5 heteroatoms. The fraction of sp³-hybridized carbons (Fsp3) is 0.0909. The lowest BCUT2D eigenvalue weighted by Gasteiger charge is -2.12. The first-order valence-electron chi connectivity index (χ1n) is 4.54. The Labute approximate surface area is 110 Å². The smallest absolute Gasteiger partial charge is 0.142 e. The Morgan fingerprint density at radius 2 is 2.06 bits per heavy atom. The highest BCUT2D eigenvalue weighted by molar-refractivity contribution is 9.11. The zero-order valence-electron chi connectivity index (χ0n) is 8.08. The molecule has 2 N–H and O–H groups in total. The van der Waals surface area contributed by atoms with E-state index in [0.29, 0.717) is 5.56 Å². The van der Waals surface area contributed by atoms with E-state index in [1.165, 1.54) is 17.4 Å². The van der Waals surface area contributed by atoms with Crippen molar-refractivity contribution in [1.82, 2.24) is 0 Å². The second-order valence-corrected chi connectivity index (χ2v) is 6.14. The number of halogens is 3. The van der Waals surface area contributed by atoms with Crippen molar-refractivity contribution < 1.29 is 4.39 Å². The van der Waals surface area contributed by atoms with Crippen molar-refractivity contribution in [3.63, 3.8) is 0 Å². The van der Waals surface area contributed by atoms with Crippen LogP contribution in [0.2, 0.25) is 5.02 Å². The average Bonchev–Trinajstić information content (AvgIpc) is 2.68. The van der Waals surface area contributed by atoms with Gasteiger partial charge in [0.15, 0.2) is 0 Å². The van der Waals surface area contributed by atoms with Crippen molar-refractivity contribution >= 4 is 38.9 Å². The second kappa shape index (κ2) is 4.84. The molecule has 2 aromatic rings. The SMILES string of the molecule is NC(c1ccc(Br)s1)c1cccc(F)c1Cl. The van der Waals surface area contributed by atoms with Gasteiger partial charge >= 0.3 is 0 Å². The molecule has 0 aliphatic carbocycles. The van der Waals surface area contributed by atoms with Crippen LogP contribution in [0.4, 0.5) is 4.39 Å². The van der Waals surface area contributed by atoms with Gasteiger partial charge in [0.25, 0.3) is 0 Å². The van der Waals surface area contributed by atoms with Crippen LogP contribution >= 0.6 is 38.9 Å². The van der Waals surface area contributed by atoms with Crippen LogP contribution in [0, 0.1) is 5.82 Å². The summed E-state index contributed by atoms with van der Waals surface area (Å²) in [5, 5.41) is 0.0968. The van der Waals surface area contributed by atoms with Gasteiger partial charge in [0.2, 0.25) is 0 Å². The van der Waals surface area contributed by atoms with Gasteiger partial charge in [-0.2, -0.15) is 0 Å². The standard InChI is InChI=1S/C11H8BrClFNS/c12-9-5-4-8(16-9)11(15)6-2-1-3-7(14)10(6)13/h1-5,11H,15H2. The Morgan fingerprint density at radius 3 is 2.69 bits per heavy atom. The predicted molar refractivity (Wildman–Crippen MR) is 69.5 cm³/mol. The molecule has 1 unspecified atom stereocenters. The van der Waals surface area contributed by atoms with Crippen molar-refractivity contribution in [3.8, 4) is 0 Å². The first kappa shape index (κ1) is 12.0. The van der Waals surface area contributed by atoms with Crippen molar-refractivity contribution in [1.29, 1.82) is 0 Å². The number of hydrogen-bond acceptors (Lipinski definition) is 2. The first-order valence-corrected chi connectivity index (χ1v) is 6.53. The van der Waals surface area contributed by atoms with Gasteiger partial charge in [-0.25, -0.2) is 4.39 Å². The van der Waals surface area contributed by atoms with Crippen LogP contribution in [0.1, 0.15) is 16.5 Å². The topological polar surface area (TPSA) is 26.0 Å². The molecule has 1 nitrogen and oxygen atoms in total. The summed E-state index contributed by atoms with van der Waals surface area (Å²) in [4.78, 5) is 0.944. The molecule has 0 fully saturated rings. The first-order chi connectivity index (χ1) is 7.59. The summed E-state index contributed by atoms with van der Waals surface area (Å²) in [5.41, 5.74) is 6.65. The van der Waals surface area contributed by atoms with Crippen molar-refractivity contribution in [3.05, 3.63) is 55.4 Å². The number of nitrogens with two attached hydrogens (primary N) is 1. The summed E-state index contributed by atoms with van der Waals surface area (Å²) in [6.45, 7) is 0. The number of hydrogen-bond donors (Lipinski definition) is 1. The van der Waals surface area contributed by atoms with Crippen molar-refractivity contribution in [2.75, 3.05) is 0 Å². The predicted octanol–water partition coefficient (Wildman–Crippen LogP) is 4.35. The molecule has 84 valence electrons. The van der Waals surface area contributed by atoms with Gasteiger partial charge < -0.3 is 5.73 Å². The van der Waals surface area contributed by atoms with Crippen LogP contribution < -0.4 is 5.73 Å². The van der Waals surface area contributed by atoms with Gasteiger partial charge in [0.05, 0.1) is 14.9 Å². The third-order valence-corrected chi connectivity index (χ3v) is 4.32. The van der Waals surface area contributed by atoms with E-state index in [2.05, 4.69) is 15.9 Å². The molecule has 0 aliphatic heterocycles. The lowest BCUT2D eigenvalue weighted by Crippen LogP contribution is -2.11. The Kier molecular flexibility index (Phi) is 3.64. The molecule has 0 aliphatic rings. The molecular weight excluding hydrogens is 313 g/mol. The van der Waals surface area contributed by atoms with Gasteiger partial charge in [-0.15, -0.1) is 11.3 Å². The van der Waals surface area contributed by atoms with E-state index in [-0.39, 0.29) is 11.1 Å². The Balaban J connectivity index is 2.41. The maximum absolute atomic E-state index is 13.3. The summed E-state index contributed by atoms with van der Waals surface area (Å²) < 4.78 is 14.3. The van der Waals surface area contributed by atoms with E-state index in [0.717, 1.165) is 8.66 Å². The van der Waals surface area contributed by atoms with Gasteiger partial charge in [0.1, 0.15) is 5.82 Å². The molecule has 1 aromatic heterocycles. The van der Waals surface area contributed by atoms with Crippen LogP contribution in [0.25, 0.3) is 0 Å². The fourth-order valence-corrected chi connectivity index (χ4v) is 3.10. The van der Waals surface area contributed by atoms with Crippen molar-refractivity contribution in [2.24, 2.45) is 5.73 Å². The Morgan fingerprint density at radius 1 is 1.31 bits per heavy atom. The average molecular weight is 321 g/mol. The van der Waals surface area contributed by atoms with Gasteiger partial charge in [-0.05, 0) is 39.7 Å². The van der Waals surface area contributed by atoms with Crippen LogP contribution in [0.15, 0.2) is 34.1 Å². The summed E-state index contributed by atoms with van der Waals surface area (Å²) in [6.07, 6.45) is 0. The van der Waals surface area contributed by atoms with E-state index >= 15 is 0 Å². The van der Waals surface area contributed by atoms with Gasteiger partial charge in [-0.1, -0.05) is 23.7 Å². The molecule has 0 radical (unpaired) electrons. The van der Waals surface area contributed by atoms with E-state index in [1.54, 1.807) is 12.1 Å². The number of benzene rings is 1. The van der Waals surface area contributed by atoms with Crippen LogP contribution in [0.3, 0.4) is 0 Å². The lowest BCUT2D eigenvalue weighted by atomic mass is 10.1. The molecule has 0 saturated carbocycles. The van der Waals surface area contributed by atoms with Crippen molar-refractivity contribution in [2.45, 2.75) is 6.04 Å². The number of rotatable bonds is 2. The van der Waals surface area contributed by atoms with Crippen LogP contribution in [-0.2, 0) is 0 Å². The largest absolute Gasteiger partial charge is 0.320 e. The minimum atomic E-state index is -0.440. The fourth-order valence-electron chi connectivity index (χ4n) is 1.41. The molecule has 1 aromatic carbocycles. The minimum absolute atomic E-state index is 0.0968. The molecule has 0 amide bonds. The second-order valence-electron chi connectivity index (χ2n) is 3.26. The molecule has 0 saturated heterocycles. The number of thiophene rings is 1. The van der Waals surface area contributed by atoms with Crippen LogP contribution in [0.5, 0.6) is 0 Å². The van der Waals surface area contributed by atoms with E-state index in [1.807, 2.05) is 12.1 Å². The molecular formula is C11H8BrClFNS. The van der Waals surface area contributed by atoms with E-state index in [9.17, 15) is 4.39 Å². The van der Waals surface area contributed by atoms with Crippen LogP contribution in [-0.4, -0.2) is 0 Å². The quantitative estimate of drug-likeness (QED) is 0.874. The maximum atomic E-state index is 13.3. The summed E-state index contributed by atoms with van der Waals surface area (Å²) in [7, 11) is 0. The zero-order valence-corrected chi connectivity index (χ0v) is 11.2. The summed E-state index contributed by atoms with van der Waals surface area (Å²) in [6, 6.07) is 8.10. The van der Waals surface area contributed by atoms with Gasteiger partial charge in [-0.3, -0.25) is 0 Å². The van der Waals surface area contributed by atoms with E-state index in [4.69, 9.17) is 17.3 Å². The molecule has 1 atom stereocenters. The summed E-state index contributed by atoms with van der Waals surface area (Å²) in [5.74, 6) is -0.440. The van der Waals surface area contributed by atoms with Gasteiger partial charge in [0, 0.05) is 4.88 Å². The third-order valence-electron chi connectivity index (χ3n) is 2.22. The maximum Gasteiger partial charge on any atom is 0.142 e. The third kappa shape index (κ3) is 2.30. The monoisotopic (exact) mass is 319 g/mol. The molecule has 1 heterocycles. The highest BCUT2D eigenvalue weighted by Gasteiger charge is 2.16. The molecule has 16 heavy (non-hydrogen) atoms.